The van der Waals surface area contributed by atoms with Gasteiger partial charge in [0.05, 0.1) is 23.5 Å². The van der Waals surface area contributed by atoms with Crippen molar-refractivity contribution in [2.75, 3.05) is 10.9 Å². The molecule has 0 saturated carbocycles. The van der Waals surface area contributed by atoms with E-state index in [0.717, 1.165) is 15.9 Å². The SMILES string of the molecule is CCOC(=O)c1cc(C)c(N(c2ccc(C)cc2)S(=O)O)c(F)c1. The van der Waals surface area contributed by atoms with E-state index < -0.39 is 23.1 Å². The molecule has 0 aliphatic rings. The van der Waals surface area contributed by atoms with Crippen LogP contribution in [0.5, 0.6) is 0 Å². The first kappa shape index (κ1) is 18.1. The highest BCUT2D eigenvalue weighted by molar-refractivity contribution is 7.81. The number of hydrogen-bond donors (Lipinski definition) is 1. The Bertz CT molecular complexity index is 754. The molecule has 0 spiro atoms. The first-order chi connectivity index (χ1) is 11.3. The first-order valence-corrected chi connectivity index (χ1v) is 8.36. The van der Waals surface area contributed by atoms with Crippen molar-refractivity contribution in [2.45, 2.75) is 20.8 Å². The summed E-state index contributed by atoms with van der Waals surface area (Å²) in [6.45, 7) is 5.28. The van der Waals surface area contributed by atoms with Gasteiger partial charge in [-0.3, -0.25) is 4.55 Å². The van der Waals surface area contributed by atoms with Crippen LogP contribution in [0.25, 0.3) is 0 Å². The van der Waals surface area contributed by atoms with Gasteiger partial charge in [-0.2, -0.15) is 0 Å². The Morgan fingerprint density at radius 1 is 1.25 bits per heavy atom. The van der Waals surface area contributed by atoms with Crippen molar-refractivity contribution in [2.24, 2.45) is 0 Å². The van der Waals surface area contributed by atoms with Crippen LogP contribution in [0, 0.1) is 19.7 Å². The summed E-state index contributed by atoms with van der Waals surface area (Å²) in [5.74, 6) is -1.42. The summed E-state index contributed by atoms with van der Waals surface area (Å²) in [5.41, 5.74) is 1.68. The predicted molar refractivity (Wildman–Crippen MR) is 91.2 cm³/mol. The Balaban J connectivity index is 2.53. The van der Waals surface area contributed by atoms with Gasteiger partial charge in [0, 0.05) is 0 Å². The van der Waals surface area contributed by atoms with Crippen molar-refractivity contribution >= 4 is 28.6 Å². The molecular weight excluding hydrogens is 333 g/mol. The first-order valence-electron chi connectivity index (χ1n) is 7.30. The topological polar surface area (TPSA) is 66.8 Å². The number of hydrogen-bond acceptors (Lipinski definition) is 3. The average Bonchev–Trinajstić information content (AvgIpc) is 2.51. The van der Waals surface area contributed by atoms with E-state index in [4.69, 9.17) is 4.74 Å². The monoisotopic (exact) mass is 351 g/mol. The van der Waals surface area contributed by atoms with E-state index in [0.29, 0.717) is 11.3 Å². The lowest BCUT2D eigenvalue weighted by Gasteiger charge is -2.23. The van der Waals surface area contributed by atoms with Crippen molar-refractivity contribution in [3.63, 3.8) is 0 Å². The lowest BCUT2D eigenvalue weighted by atomic mass is 10.1. The number of carbonyl (C=O) groups is 1. The zero-order valence-corrected chi connectivity index (χ0v) is 14.4. The number of anilines is 2. The number of aryl methyl sites for hydroxylation is 2. The Hall–Kier alpha value is -2.25. The number of nitrogens with zero attached hydrogens (tertiary/aromatic N) is 1. The number of carbonyl (C=O) groups excluding carboxylic acids is 1. The summed E-state index contributed by atoms with van der Waals surface area (Å²) in [6, 6.07) is 9.22. The Labute approximate surface area is 142 Å². The van der Waals surface area contributed by atoms with Crippen molar-refractivity contribution < 1.29 is 22.7 Å². The fourth-order valence-electron chi connectivity index (χ4n) is 2.30. The maximum absolute atomic E-state index is 14.6. The van der Waals surface area contributed by atoms with Crippen LogP contribution in [0.15, 0.2) is 36.4 Å². The van der Waals surface area contributed by atoms with Crippen LogP contribution in [0.2, 0.25) is 0 Å². The highest BCUT2D eigenvalue weighted by atomic mass is 32.2. The second-order valence-corrected chi connectivity index (χ2v) is 6.03. The van der Waals surface area contributed by atoms with E-state index in [1.54, 1.807) is 38.1 Å². The second-order valence-electron chi connectivity index (χ2n) is 5.20. The zero-order chi connectivity index (χ0) is 17.9. The van der Waals surface area contributed by atoms with Crippen LogP contribution in [0.1, 0.15) is 28.4 Å². The molecule has 1 atom stereocenters. The molecule has 2 aromatic carbocycles. The second kappa shape index (κ2) is 7.55. The fourth-order valence-corrected chi connectivity index (χ4v) is 2.99. The van der Waals surface area contributed by atoms with Crippen molar-refractivity contribution in [1.29, 1.82) is 0 Å². The number of esters is 1. The van der Waals surface area contributed by atoms with Gasteiger partial charge in [-0.1, -0.05) is 17.7 Å². The molecule has 0 amide bonds. The van der Waals surface area contributed by atoms with Crippen LogP contribution in [-0.4, -0.2) is 21.3 Å². The number of halogens is 1. The van der Waals surface area contributed by atoms with Gasteiger partial charge < -0.3 is 4.74 Å². The number of benzene rings is 2. The Kier molecular flexibility index (Phi) is 5.69. The summed E-state index contributed by atoms with van der Waals surface area (Å²) in [7, 11) is 0. The fraction of sp³-hybridized carbons (Fsp3) is 0.235. The van der Waals surface area contributed by atoms with Gasteiger partial charge >= 0.3 is 5.97 Å². The largest absolute Gasteiger partial charge is 0.462 e. The van der Waals surface area contributed by atoms with Gasteiger partial charge in [-0.05, 0) is 50.6 Å². The number of ether oxygens (including phenoxy) is 1. The van der Waals surface area contributed by atoms with Gasteiger partial charge in [0.25, 0.3) is 11.3 Å². The van der Waals surface area contributed by atoms with E-state index in [1.807, 2.05) is 6.92 Å². The lowest BCUT2D eigenvalue weighted by molar-refractivity contribution is 0.0525. The third kappa shape index (κ3) is 3.80. The van der Waals surface area contributed by atoms with E-state index in [-0.39, 0.29) is 17.9 Å². The molecule has 0 bridgehead atoms. The summed E-state index contributed by atoms with van der Waals surface area (Å²) in [4.78, 5) is 11.8. The maximum atomic E-state index is 14.6. The minimum Gasteiger partial charge on any atom is -0.462 e. The molecule has 7 heteroatoms. The molecule has 0 heterocycles. The van der Waals surface area contributed by atoms with Gasteiger partial charge in [0.2, 0.25) is 0 Å². The van der Waals surface area contributed by atoms with Crippen LogP contribution < -0.4 is 4.31 Å². The van der Waals surface area contributed by atoms with Gasteiger partial charge in [-0.15, -0.1) is 0 Å². The van der Waals surface area contributed by atoms with Crippen LogP contribution in [0.3, 0.4) is 0 Å². The van der Waals surface area contributed by atoms with Crippen molar-refractivity contribution in [3.8, 4) is 0 Å². The van der Waals surface area contributed by atoms with E-state index in [2.05, 4.69) is 0 Å². The highest BCUT2D eigenvalue weighted by Crippen LogP contribution is 2.33. The Morgan fingerprint density at radius 2 is 1.88 bits per heavy atom. The standard InChI is InChI=1S/C17H18FNO4S/c1-4-23-17(20)13-9-12(3)16(15(18)10-13)19(24(21)22)14-7-5-11(2)6-8-14/h5-10H,4H2,1-3H3,(H,21,22). The summed E-state index contributed by atoms with van der Waals surface area (Å²) in [5, 5.41) is 0. The molecule has 2 aromatic rings. The van der Waals surface area contributed by atoms with Gasteiger partial charge in [0.1, 0.15) is 5.82 Å². The molecule has 0 fully saturated rings. The van der Waals surface area contributed by atoms with Crippen LogP contribution in [-0.2, 0) is 16.0 Å². The molecule has 0 aromatic heterocycles. The minimum atomic E-state index is -2.48. The molecule has 5 nitrogen and oxygen atoms in total. The molecule has 2 rings (SSSR count). The summed E-state index contributed by atoms with van der Waals surface area (Å²) >= 11 is -2.48. The molecule has 0 saturated heterocycles. The van der Waals surface area contributed by atoms with Crippen LogP contribution >= 0.6 is 0 Å². The summed E-state index contributed by atoms with van der Waals surface area (Å²) < 4.78 is 41.8. The van der Waals surface area contributed by atoms with E-state index in [1.165, 1.54) is 6.07 Å². The van der Waals surface area contributed by atoms with E-state index >= 15 is 0 Å². The van der Waals surface area contributed by atoms with Gasteiger partial charge in [0.15, 0.2) is 0 Å². The molecule has 0 radical (unpaired) electrons. The molecule has 0 aliphatic carbocycles. The zero-order valence-electron chi connectivity index (χ0n) is 13.6. The normalized spacial score (nSPS) is 11.9. The molecule has 1 N–H and O–H groups in total. The average molecular weight is 351 g/mol. The molecule has 1 unspecified atom stereocenters. The Morgan fingerprint density at radius 3 is 2.38 bits per heavy atom. The molecule has 0 aliphatic heterocycles. The highest BCUT2D eigenvalue weighted by Gasteiger charge is 2.23. The van der Waals surface area contributed by atoms with Crippen molar-refractivity contribution in [3.05, 3.63) is 58.9 Å². The minimum absolute atomic E-state index is 0.0585. The lowest BCUT2D eigenvalue weighted by Crippen LogP contribution is -2.22. The quantitative estimate of drug-likeness (QED) is 0.655. The number of rotatable bonds is 5. The van der Waals surface area contributed by atoms with Crippen molar-refractivity contribution in [1.82, 2.24) is 0 Å². The third-order valence-corrected chi connectivity index (χ3v) is 4.10. The van der Waals surface area contributed by atoms with E-state index in [9.17, 15) is 17.9 Å². The molecule has 24 heavy (non-hydrogen) atoms. The van der Waals surface area contributed by atoms with Gasteiger partial charge in [-0.25, -0.2) is 17.7 Å². The van der Waals surface area contributed by atoms with Crippen LogP contribution in [0.4, 0.5) is 15.8 Å². The smallest absolute Gasteiger partial charge is 0.338 e. The molecular formula is C17H18FNO4S. The third-order valence-electron chi connectivity index (χ3n) is 3.39. The summed E-state index contributed by atoms with van der Waals surface area (Å²) in [6.07, 6.45) is 0. The predicted octanol–water partition coefficient (Wildman–Crippen LogP) is 3.89. The maximum Gasteiger partial charge on any atom is 0.338 e. The molecule has 128 valence electrons.